The zero-order valence-electron chi connectivity index (χ0n) is 20.8. The number of halogens is 2. The molecule has 1 atom stereocenters. The van der Waals surface area contributed by atoms with E-state index in [1.807, 2.05) is 30.3 Å². The molecule has 0 aliphatic carbocycles. The van der Waals surface area contributed by atoms with Crippen LogP contribution in [-0.4, -0.2) is 51.0 Å². The van der Waals surface area contributed by atoms with Crippen molar-refractivity contribution >= 4 is 39.1 Å². The van der Waals surface area contributed by atoms with Crippen LogP contribution in [0.4, 0.5) is 10.1 Å². The molecule has 1 N–H and O–H groups in total. The summed E-state index contributed by atoms with van der Waals surface area (Å²) >= 11 is 6.23. The summed E-state index contributed by atoms with van der Waals surface area (Å²) in [4.78, 5) is 28.2. The van der Waals surface area contributed by atoms with Crippen LogP contribution in [0.1, 0.15) is 16.7 Å². The van der Waals surface area contributed by atoms with E-state index in [9.17, 15) is 22.4 Å². The molecule has 7 nitrogen and oxygen atoms in total. The molecule has 10 heteroatoms. The molecule has 0 fully saturated rings. The Labute approximate surface area is 221 Å². The van der Waals surface area contributed by atoms with Crippen LogP contribution in [0.3, 0.4) is 0 Å². The highest BCUT2D eigenvalue weighted by atomic mass is 35.5. The zero-order valence-corrected chi connectivity index (χ0v) is 22.4. The first-order chi connectivity index (χ1) is 17.5. The van der Waals surface area contributed by atoms with Crippen molar-refractivity contribution in [1.82, 2.24) is 10.2 Å². The minimum Gasteiger partial charge on any atom is -0.357 e. The largest absolute Gasteiger partial charge is 0.357 e. The predicted octanol–water partition coefficient (Wildman–Crippen LogP) is 3.94. The Morgan fingerprint density at radius 1 is 0.973 bits per heavy atom. The molecule has 0 heterocycles. The van der Waals surface area contributed by atoms with E-state index in [-0.39, 0.29) is 18.7 Å². The second-order valence-electron chi connectivity index (χ2n) is 8.62. The van der Waals surface area contributed by atoms with Crippen LogP contribution in [0.5, 0.6) is 0 Å². The fraction of sp³-hybridized carbons (Fsp3) is 0.259. The Hall–Kier alpha value is -3.43. The van der Waals surface area contributed by atoms with Crippen LogP contribution < -0.4 is 9.62 Å². The molecule has 0 radical (unpaired) electrons. The average molecular weight is 546 g/mol. The number of nitrogens with zero attached hydrogens (tertiary/aromatic N) is 2. The normalized spacial score (nSPS) is 12.0. The number of carbonyl (C=O) groups excluding carboxylic acids is 2. The maximum atomic E-state index is 13.8. The molecule has 0 aliphatic heterocycles. The minimum absolute atomic E-state index is 0.0316. The Balaban J connectivity index is 2.05. The van der Waals surface area contributed by atoms with Gasteiger partial charge in [-0.05, 0) is 47.9 Å². The van der Waals surface area contributed by atoms with Gasteiger partial charge in [-0.15, -0.1) is 0 Å². The van der Waals surface area contributed by atoms with E-state index in [1.165, 1.54) is 36.2 Å². The third kappa shape index (κ3) is 7.30. The maximum absolute atomic E-state index is 13.8. The molecule has 0 saturated carbocycles. The fourth-order valence-corrected chi connectivity index (χ4v) is 5.04. The molecule has 2 amide bonds. The molecule has 37 heavy (non-hydrogen) atoms. The SMILES string of the molecule is CNC(=O)[C@@H](Cc1ccccc1)N(Cc1ccc(F)cc1)C(=O)CN(c1cccc(Cl)c1C)S(C)(=O)=O. The van der Waals surface area contributed by atoms with Gasteiger partial charge in [0.15, 0.2) is 0 Å². The smallest absolute Gasteiger partial charge is 0.244 e. The lowest BCUT2D eigenvalue weighted by atomic mass is 10.0. The Kier molecular flexibility index (Phi) is 9.29. The van der Waals surface area contributed by atoms with Crippen molar-refractivity contribution in [2.24, 2.45) is 0 Å². The fourth-order valence-electron chi connectivity index (χ4n) is 3.97. The second-order valence-corrected chi connectivity index (χ2v) is 10.9. The Morgan fingerprint density at radius 3 is 2.22 bits per heavy atom. The standard InChI is InChI=1S/C27H29ClFN3O4S/c1-19-23(28)10-7-11-24(19)32(37(3,35)36)18-26(33)31(17-21-12-14-22(29)15-13-21)25(27(34)30-2)16-20-8-5-4-6-9-20/h4-15,25H,16-18H2,1-3H3,(H,30,34)/t25-/m1/s1. The first-order valence-corrected chi connectivity index (χ1v) is 13.8. The molecule has 0 unspecified atom stereocenters. The quantitative estimate of drug-likeness (QED) is 0.418. The third-order valence-electron chi connectivity index (χ3n) is 5.97. The van der Waals surface area contributed by atoms with Crippen LogP contribution in [0.2, 0.25) is 5.02 Å². The maximum Gasteiger partial charge on any atom is 0.244 e. The molecule has 3 aromatic carbocycles. The van der Waals surface area contributed by atoms with Gasteiger partial charge in [0.1, 0.15) is 18.4 Å². The number of hydrogen-bond donors (Lipinski definition) is 1. The summed E-state index contributed by atoms with van der Waals surface area (Å²) in [6.07, 6.45) is 1.20. The van der Waals surface area contributed by atoms with Crippen LogP contribution in [0.25, 0.3) is 0 Å². The highest BCUT2D eigenvalue weighted by Crippen LogP contribution is 2.28. The second kappa shape index (κ2) is 12.2. The van der Waals surface area contributed by atoms with E-state index >= 15 is 0 Å². The number of carbonyl (C=O) groups is 2. The van der Waals surface area contributed by atoms with E-state index in [4.69, 9.17) is 11.6 Å². The van der Waals surface area contributed by atoms with Gasteiger partial charge in [0, 0.05) is 25.0 Å². The van der Waals surface area contributed by atoms with E-state index < -0.39 is 40.2 Å². The van der Waals surface area contributed by atoms with E-state index in [2.05, 4.69) is 5.32 Å². The average Bonchev–Trinajstić information content (AvgIpc) is 2.87. The summed E-state index contributed by atoms with van der Waals surface area (Å²) < 4.78 is 40.1. The lowest BCUT2D eigenvalue weighted by molar-refractivity contribution is -0.139. The van der Waals surface area contributed by atoms with Gasteiger partial charge < -0.3 is 10.2 Å². The number of nitrogens with one attached hydrogen (secondary N) is 1. The van der Waals surface area contributed by atoms with E-state index in [1.54, 1.807) is 25.1 Å². The predicted molar refractivity (Wildman–Crippen MR) is 143 cm³/mol. The van der Waals surface area contributed by atoms with Crippen LogP contribution in [0, 0.1) is 12.7 Å². The van der Waals surface area contributed by atoms with Gasteiger partial charge in [-0.25, -0.2) is 12.8 Å². The Morgan fingerprint density at radius 2 is 1.62 bits per heavy atom. The number of hydrogen-bond acceptors (Lipinski definition) is 4. The molecule has 3 aromatic rings. The molecule has 196 valence electrons. The topological polar surface area (TPSA) is 86.8 Å². The van der Waals surface area contributed by atoms with Gasteiger partial charge in [-0.1, -0.05) is 60.1 Å². The van der Waals surface area contributed by atoms with Gasteiger partial charge in [-0.2, -0.15) is 0 Å². The summed E-state index contributed by atoms with van der Waals surface area (Å²) in [5, 5.41) is 2.96. The highest BCUT2D eigenvalue weighted by molar-refractivity contribution is 7.92. The number of likely N-dealkylation sites (N-methyl/N-ethyl adjacent to an activating group) is 1. The number of benzene rings is 3. The zero-order chi connectivity index (χ0) is 27.2. The molecule has 0 bridgehead atoms. The lowest BCUT2D eigenvalue weighted by Crippen LogP contribution is -2.53. The van der Waals surface area contributed by atoms with E-state index in [0.717, 1.165) is 16.1 Å². The summed E-state index contributed by atoms with van der Waals surface area (Å²) in [7, 11) is -2.43. The first-order valence-electron chi connectivity index (χ1n) is 11.5. The summed E-state index contributed by atoms with van der Waals surface area (Å²) in [5.41, 5.74) is 2.17. The lowest BCUT2D eigenvalue weighted by Gasteiger charge is -2.33. The van der Waals surface area contributed by atoms with Crippen molar-refractivity contribution in [3.63, 3.8) is 0 Å². The monoisotopic (exact) mass is 545 g/mol. The van der Waals surface area contributed by atoms with Crippen molar-refractivity contribution < 1.29 is 22.4 Å². The molecule has 0 spiro atoms. The molecular weight excluding hydrogens is 517 g/mol. The molecule has 0 saturated heterocycles. The minimum atomic E-state index is -3.90. The molecule has 0 aromatic heterocycles. The molecule has 0 aliphatic rings. The number of sulfonamides is 1. The van der Waals surface area contributed by atoms with Gasteiger partial charge >= 0.3 is 0 Å². The highest BCUT2D eigenvalue weighted by Gasteiger charge is 2.33. The van der Waals surface area contributed by atoms with Gasteiger partial charge in [0.2, 0.25) is 21.8 Å². The summed E-state index contributed by atoms with van der Waals surface area (Å²) in [6, 6.07) is 18.6. The van der Waals surface area contributed by atoms with Gasteiger partial charge in [0.05, 0.1) is 11.9 Å². The number of anilines is 1. The van der Waals surface area contributed by atoms with E-state index in [0.29, 0.717) is 16.1 Å². The van der Waals surface area contributed by atoms with Gasteiger partial charge in [0.25, 0.3) is 0 Å². The van der Waals surface area contributed by atoms with Crippen molar-refractivity contribution in [2.75, 3.05) is 24.2 Å². The number of amides is 2. The first kappa shape index (κ1) is 28.1. The number of rotatable bonds is 10. The van der Waals surface area contributed by atoms with Crippen LogP contribution in [-0.2, 0) is 32.6 Å². The van der Waals surface area contributed by atoms with Crippen molar-refractivity contribution in [3.05, 3.63) is 100 Å². The van der Waals surface area contributed by atoms with Crippen molar-refractivity contribution in [1.29, 1.82) is 0 Å². The summed E-state index contributed by atoms with van der Waals surface area (Å²) in [5.74, 6) is -1.45. The Bertz CT molecular complexity index is 1350. The van der Waals surface area contributed by atoms with Gasteiger partial charge in [-0.3, -0.25) is 13.9 Å². The molecular formula is C27H29ClFN3O4S. The third-order valence-corrected chi connectivity index (χ3v) is 7.51. The van der Waals surface area contributed by atoms with Crippen molar-refractivity contribution in [3.8, 4) is 0 Å². The van der Waals surface area contributed by atoms with Crippen LogP contribution in [0.15, 0.2) is 72.8 Å². The molecule has 3 rings (SSSR count). The van der Waals surface area contributed by atoms with Crippen molar-refractivity contribution in [2.45, 2.75) is 25.9 Å². The summed E-state index contributed by atoms with van der Waals surface area (Å²) in [6.45, 7) is 1.08. The van der Waals surface area contributed by atoms with Crippen LogP contribution >= 0.6 is 11.6 Å².